The van der Waals surface area contributed by atoms with Crippen molar-refractivity contribution in [3.63, 3.8) is 0 Å². The van der Waals surface area contributed by atoms with Crippen LogP contribution in [0.15, 0.2) is 11.6 Å². The predicted molar refractivity (Wildman–Crippen MR) is 46.7 cm³/mol. The lowest BCUT2D eigenvalue weighted by atomic mass is 10.1. The van der Waals surface area contributed by atoms with E-state index in [1.165, 1.54) is 5.57 Å². The summed E-state index contributed by atoms with van der Waals surface area (Å²) in [6.45, 7) is 6.31. The fraction of sp³-hybridized carbons (Fsp3) is 0.600. The van der Waals surface area contributed by atoms with Crippen LogP contribution in [0.5, 0.6) is 0 Å². The van der Waals surface area contributed by atoms with E-state index in [-0.39, 0.29) is 0 Å². The van der Waals surface area contributed by atoms with E-state index < -0.39 is 0 Å². The van der Waals surface area contributed by atoms with Crippen LogP contribution in [0.1, 0.15) is 33.6 Å². The van der Waals surface area contributed by atoms with Crippen molar-refractivity contribution in [2.45, 2.75) is 33.6 Å². The zero-order valence-electron chi connectivity index (χ0n) is 7.15. The molecular formula is C10H16. The average Bonchev–Trinajstić information content (AvgIpc) is 1.87. The third-order valence-corrected chi connectivity index (χ3v) is 1.44. The van der Waals surface area contributed by atoms with Gasteiger partial charge in [-0.15, -0.1) is 12.3 Å². The van der Waals surface area contributed by atoms with E-state index in [0.717, 1.165) is 12.8 Å². The van der Waals surface area contributed by atoms with E-state index in [1.54, 1.807) is 0 Å². The van der Waals surface area contributed by atoms with E-state index in [1.807, 2.05) is 0 Å². The van der Waals surface area contributed by atoms with Crippen molar-refractivity contribution in [2.24, 2.45) is 5.92 Å². The Balaban J connectivity index is 3.39. The SMILES string of the molecule is C#C[C@H](C)CCC=C(C)C. The quantitative estimate of drug-likeness (QED) is 0.413. The molecule has 0 nitrogen and oxygen atoms in total. The topological polar surface area (TPSA) is 0 Å². The Morgan fingerprint density at radius 1 is 1.60 bits per heavy atom. The smallest absolute Gasteiger partial charge is 0.0174 e. The molecule has 0 rings (SSSR count). The molecule has 0 amide bonds. The molecule has 0 heterocycles. The van der Waals surface area contributed by atoms with E-state index >= 15 is 0 Å². The first-order chi connectivity index (χ1) is 4.66. The number of hydrogen-bond acceptors (Lipinski definition) is 0. The summed E-state index contributed by atoms with van der Waals surface area (Å²) >= 11 is 0. The molecule has 0 spiro atoms. The molecule has 0 aliphatic rings. The maximum absolute atomic E-state index is 5.22. The molecule has 0 saturated carbocycles. The molecular weight excluding hydrogens is 120 g/mol. The van der Waals surface area contributed by atoms with Gasteiger partial charge in [0.05, 0.1) is 0 Å². The highest BCUT2D eigenvalue weighted by atomic mass is 14.0. The van der Waals surface area contributed by atoms with Gasteiger partial charge in [0, 0.05) is 5.92 Å². The molecule has 0 unspecified atom stereocenters. The third kappa shape index (κ3) is 5.44. The van der Waals surface area contributed by atoms with Crippen molar-refractivity contribution in [3.05, 3.63) is 11.6 Å². The second kappa shape index (κ2) is 5.11. The van der Waals surface area contributed by atoms with Crippen LogP contribution in [-0.2, 0) is 0 Å². The number of rotatable bonds is 3. The van der Waals surface area contributed by atoms with Gasteiger partial charge in [-0.1, -0.05) is 18.6 Å². The Kier molecular flexibility index (Phi) is 4.76. The largest absolute Gasteiger partial charge is 0.120 e. The molecule has 0 radical (unpaired) electrons. The molecule has 0 aromatic carbocycles. The predicted octanol–water partition coefficient (Wildman–Crippen LogP) is 3.00. The van der Waals surface area contributed by atoms with Crippen molar-refractivity contribution >= 4 is 0 Å². The highest BCUT2D eigenvalue weighted by molar-refractivity contribution is 4.96. The minimum Gasteiger partial charge on any atom is -0.120 e. The van der Waals surface area contributed by atoms with Gasteiger partial charge in [0.15, 0.2) is 0 Å². The lowest BCUT2D eigenvalue weighted by Crippen LogP contribution is -1.87. The number of hydrogen-bond donors (Lipinski definition) is 0. The van der Waals surface area contributed by atoms with Crippen molar-refractivity contribution in [2.75, 3.05) is 0 Å². The summed E-state index contributed by atoms with van der Waals surface area (Å²) in [5.74, 6) is 3.14. The number of allylic oxidation sites excluding steroid dienone is 2. The molecule has 0 aromatic heterocycles. The normalized spacial score (nSPS) is 11.8. The highest BCUT2D eigenvalue weighted by Gasteiger charge is 1.92. The van der Waals surface area contributed by atoms with Crippen LogP contribution in [0.4, 0.5) is 0 Å². The number of terminal acetylenes is 1. The van der Waals surface area contributed by atoms with Gasteiger partial charge < -0.3 is 0 Å². The Morgan fingerprint density at radius 2 is 2.20 bits per heavy atom. The molecule has 0 N–H and O–H groups in total. The second-order valence-corrected chi connectivity index (χ2v) is 2.93. The standard InChI is InChI=1S/C10H16/c1-5-10(4)8-6-7-9(2)3/h1,7,10H,6,8H2,2-4H3/t10-/m0/s1. The van der Waals surface area contributed by atoms with Gasteiger partial charge in [-0.05, 0) is 26.7 Å². The van der Waals surface area contributed by atoms with Crippen LogP contribution in [0.2, 0.25) is 0 Å². The van der Waals surface area contributed by atoms with Gasteiger partial charge in [-0.2, -0.15) is 0 Å². The molecule has 0 aromatic rings. The average molecular weight is 136 g/mol. The summed E-state index contributed by atoms with van der Waals surface area (Å²) in [5, 5.41) is 0. The van der Waals surface area contributed by atoms with Gasteiger partial charge in [0.1, 0.15) is 0 Å². The molecule has 0 aliphatic heterocycles. The first-order valence-electron chi connectivity index (χ1n) is 3.76. The minimum atomic E-state index is 0.426. The van der Waals surface area contributed by atoms with E-state index in [0.29, 0.717) is 5.92 Å². The van der Waals surface area contributed by atoms with Gasteiger partial charge in [0.25, 0.3) is 0 Å². The Hall–Kier alpha value is -0.700. The van der Waals surface area contributed by atoms with Gasteiger partial charge in [0.2, 0.25) is 0 Å². The van der Waals surface area contributed by atoms with Gasteiger partial charge in [-0.3, -0.25) is 0 Å². The van der Waals surface area contributed by atoms with Crippen molar-refractivity contribution in [1.82, 2.24) is 0 Å². The van der Waals surface area contributed by atoms with E-state index in [4.69, 9.17) is 6.42 Å². The third-order valence-electron chi connectivity index (χ3n) is 1.44. The summed E-state index contributed by atoms with van der Waals surface area (Å²) in [5.41, 5.74) is 1.38. The molecule has 0 heteroatoms. The summed E-state index contributed by atoms with van der Waals surface area (Å²) < 4.78 is 0. The molecule has 0 bridgehead atoms. The lowest BCUT2D eigenvalue weighted by molar-refractivity contribution is 0.678. The maximum Gasteiger partial charge on any atom is 0.0174 e. The van der Waals surface area contributed by atoms with E-state index in [9.17, 15) is 0 Å². The first kappa shape index (κ1) is 9.30. The van der Waals surface area contributed by atoms with Crippen LogP contribution in [0.3, 0.4) is 0 Å². The Bertz CT molecular complexity index is 142. The first-order valence-corrected chi connectivity index (χ1v) is 3.76. The molecule has 10 heavy (non-hydrogen) atoms. The zero-order valence-corrected chi connectivity index (χ0v) is 7.15. The fourth-order valence-corrected chi connectivity index (χ4v) is 0.705. The summed E-state index contributed by atoms with van der Waals surface area (Å²) in [4.78, 5) is 0. The summed E-state index contributed by atoms with van der Waals surface area (Å²) in [6, 6.07) is 0. The Labute approximate surface area is 64.3 Å². The van der Waals surface area contributed by atoms with Crippen molar-refractivity contribution in [3.8, 4) is 12.3 Å². The van der Waals surface area contributed by atoms with Gasteiger partial charge in [-0.25, -0.2) is 0 Å². The summed E-state index contributed by atoms with van der Waals surface area (Å²) in [6.07, 6.45) is 9.68. The van der Waals surface area contributed by atoms with Crippen LogP contribution < -0.4 is 0 Å². The maximum atomic E-state index is 5.22. The molecule has 0 saturated heterocycles. The van der Waals surface area contributed by atoms with E-state index in [2.05, 4.69) is 32.8 Å². The minimum absolute atomic E-state index is 0.426. The fourth-order valence-electron chi connectivity index (χ4n) is 0.705. The van der Waals surface area contributed by atoms with Crippen molar-refractivity contribution in [1.29, 1.82) is 0 Å². The highest BCUT2D eigenvalue weighted by Crippen LogP contribution is 2.05. The Morgan fingerprint density at radius 3 is 2.60 bits per heavy atom. The van der Waals surface area contributed by atoms with Crippen LogP contribution in [0.25, 0.3) is 0 Å². The zero-order chi connectivity index (χ0) is 7.98. The summed E-state index contributed by atoms with van der Waals surface area (Å²) in [7, 11) is 0. The van der Waals surface area contributed by atoms with Crippen LogP contribution in [-0.4, -0.2) is 0 Å². The molecule has 0 aliphatic carbocycles. The van der Waals surface area contributed by atoms with Crippen molar-refractivity contribution < 1.29 is 0 Å². The van der Waals surface area contributed by atoms with Gasteiger partial charge >= 0.3 is 0 Å². The monoisotopic (exact) mass is 136 g/mol. The second-order valence-electron chi connectivity index (χ2n) is 2.93. The molecule has 1 atom stereocenters. The lowest BCUT2D eigenvalue weighted by Gasteiger charge is -1.98. The molecule has 56 valence electrons. The van der Waals surface area contributed by atoms with Crippen LogP contribution in [0, 0.1) is 18.3 Å². The van der Waals surface area contributed by atoms with Crippen LogP contribution >= 0.6 is 0 Å². The molecule has 0 fully saturated rings.